The lowest BCUT2D eigenvalue weighted by molar-refractivity contribution is 0.581. The van der Waals surface area contributed by atoms with Crippen LogP contribution in [-0.4, -0.2) is 27.5 Å². The minimum Gasteiger partial charge on any atom is -0.257 e. The predicted molar refractivity (Wildman–Crippen MR) is 98.0 cm³/mol. The van der Waals surface area contributed by atoms with Crippen molar-refractivity contribution in [1.82, 2.24) is 9.97 Å². The summed E-state index contributed by atoms with van der Waals surface area (Å²) < 4.78 is 63.4. The van der Waals surface area contributed by atoms with Gasteiger partial charge in [0.15, 0.2) is 5.82 Å². The number of nitrogens with one attached hydrogen (secondary N) is 1. The van der Waals surface area contributed by atoms with Gasteiger partial charge in [0.25, 0.3) is 0 Å². The monoisotopic (exact) mass is 392 g/mol. The van der Waals surface area contributed by atoms with Crippen LogP contribution in [0.1, 0.15) is 0 Å². The summed E-state index contributed by atoms with van der Waals surface area (Å²) in [6.45, 7) is 0. The highest BCUT2D eigenvalue weighted by atomic mass is 32.2. The summed E-state index contributed by atoms with van der Waals surface area (Å²) in [5.41, 5.74) is -0.430. The van der Waals surface area contributed by atoms with Crippen molar-refractivity contribution in [2.75, 3.05) is 17.6 Å². The van der Waals surface area contributed by atoms with Crippen LogP contribution >= 0.6 is 0 Å². The molecule has 0 bridgehead atoms. The molecule has 1 N–H and O–H groups in total. The van der Waals surface area contributed by atoms with Gasteiger partial charge in [-0.2, -0.15) is 0 Å². The van der Waals surface area contributed by atoms with E-state index >= 15 is 4.39 Å². The van der Waals surface area contributed by atoms with Crippen LogP contribution in [0.2, 0.25) is 0 Å². The van der Waals surface area contributed by atoms with Crippen LogP contribution in [-0.2, 0) is 9.92 Å². The number of aromatic nitrogens is 2. The summed E-state index contributed by atoms with van der Waals surface area (Å²) in [7, 11) is -1.93. The fourth-order valence-corrected chi connectivity index (χ4v) is 2.77. The van der Waals surface area contributed by atoms with E-state index in [4.69, 9.17) is 4.78 Å². The molecule has 0 saturated carbocycles. The third-order valence-electron chi connectivity index (χ3n) is 3.88. The molecular formula is C18H15F3N4OS. The normalized spacial score (nSPS) is 13.2. The Labute approximate surface area is 154 Å². The maximum absolute atomic E-state index is 15.1. The van der Waals surface area contributed by atoms with E-state index in [0.29, 0.717) is 11.6 Å². The lowest BCUT2D eigenvalue weighted by Crippen LogP contribution is -2.26. The Morgan fingerprint density at radius 1 is 1.00 bits per heavy atom. The molecule has 9 heteroatoms. The van der Waals surface area contributed by atoms with Crippen LogP contribution in [0, 0.1) is 22.2 Å². The van der Waals surface area contributed by atoms with E-state index in [1.165, 1.54) is 7.05 Å². The van der Waals surface area contributed by atoms with E-state index in [-0.39, 0.29) is 17.2 Å². The van der Waals surface area contributed by atoms with Gasteiger partial charge in [0, 0.05) is 30.5 Å². The molecule has 0 fully saturated rings. The minimum atomic E-state index is -3.25. The molecule has 3 aromatic rings. The molecule has 3 rings (SSSR count). The highest BCUT2D eigenvalue weighted by Crippen LogP contribution is 2.32. The third-order valence-corrected chi connectivity index (χ3v) is 5.09. The van der Waals surface area contributed by atoms with Gasteiger partial charge in [-0.1, -0.05) is 30.3 Å². The zero-order valence-corrected chi connectivity index (χ0v) is 15.2. The predicted octanol–water partition coefficient (Wildman–Crippen LogP) is 4.26. The molecule has 5 nitrogen and oxygen atoms in total. The van der Waals surface area contributed by atoms with E-state index in [9.17, 15) is 13.0 Å². The fraction of sp³-hybridized carbons (Fsp3) is 0.111. The molecule has 1 heterocycles. The molecule has 0 aliphatic heterocycles. The first-order chi connectivity index (χ1) is 12.7. The summed E-state index contributed by atoms with van der Waals surface area (Å²) in [6, 6.07) is 11.0. The van der Waals surface area contributed by atoms with Gasteiger partial charge in [0.1, 0.15) is 32.9 Å². The Bertz CT molecular complexity index is 1110. The molecule has 1 aromatic heterocycles. The van der Waals surface area contributed by atoms with Gasteiger partial charge < -0.3 is 0 Å². The van der Waals surface area contributed by atoms with Crippen LogP contribution in [0.15, 0.2) is 48.5 Å². The van der Waals surface area contributed by atoms with E-state index < -0.39 is 33.1 Å². The molecule has 0 aliphatic rings. The van der Waals surface area contributed by atoms with Crippen molar-refractivity contribution in [3.63, 3.8) is 0 Å². The molecule has 0 radical (unpaired) electrons. The van der Waals surface area contributed by atoms with Crippen molar-refractivity contribution in [3.8, 4) is 22.5 Å². The molecule has 0 amide bonds. The lowest BCUT2D eigenvalue weighted by Gasteiger charge is -2.19. The summed E-state index contributed by atoms with van der Waals surface area (Å²) in [6.07, 6.45) is 1.15. The van der Waals surface area contributed by atoms with Gasteiger partial charge in [0.05, 0.1) is 0 Å². The van der Waals surface area contributed by atoms with Crippen molar-refractivity contribution in [1.29, 1.82) is 4.78 Å². The van der Waals surface area contributed by atoms with Crippen LogP contribution in [0.3, 0.4) is 0 Å². The maximum Gasteiger partial charge on any atom is 0.239 e. The zero-order chi connectivity index (χ0) is 19.8. The van der Waals surface area contributed by atoms with Gasteiger partial charge in [-0.15, -0.1) is 0 Å². The minimum absolute atomic E-state index is 0.144. The Hall–Kier alpha value is -2.94. The second-order valence-corrected chi connectivity index (χ2v) is 7.98. The van der Waals surface area contributed by atoms with Crippen molar-refractivity contribution in [2.45, 2.75) is 0 Å². The molecule has 0 saturated heterocycles. The molecule has 0 spiro atoms. The van der Waals surface area contributed by atoms with E-state index in [0.717, 1.165) is 22.7 Å². The topological polar surface area (TPSA) is 69.9 Å². The highest BCUT2D eigenvalue weighted by molar-refractivity contribution is 7.93. The smallest absolute Gasteiger partial charge is 0.239 e. The average molecular weight is 392 g/mol. The van der Waals surface area contributed by atoms with Crippen LogP contribution in [0.5, 0.6) is 0 Å². The second kappa shape index (κ2) is 6.99. The number of benzene rings is 2. The first-order valence-electron chi connectivity index (χ1n) is 7.74. The number of anilines is 1. The SMILES string of the molecule is CN(c1nc(-c2ccccc2)c(F)c(-c2ccc(F)cc2F)n1)S(C)(=N)=O. The van der Waals surface area contributed by atoms with Crippen molar-refractivity contribution in [3.05, 3.63) is 66.0 Å². The first kappa shape index (κ1) is 18.8. The molecule has 27 heavy (non-hydrogen) atoms. The Kier molecular flexibility index (Phi) is 4.88. The summed E-state index contributed by atoms with van der Waals surface area (Å²) in [4.78, 5) is 8.05. The molecule has 1 atom stereocenters. The number of nitrogens with zero attached hydrogens (tertiary/aromatic N) is 3. The molecular weight excluding hydrogens is 377 g/mol. The maximum atomic E-state index is 15.1. The number of rotatable bonds is 4. The second-order valence-electron chi connectivity index (χ2n) is 5.82. The van der Waals surface area contributed by atoms with Crippen molar-refractivity contribution < 1.29 is 17.4 Å². The van der Waals surface area contributed by atoms with Gasteiger partial charge in [-0.3, -0.25) is 4.31 Å². The Morgan fingerprint density at radius 3 is 2.22 bits per heavy atom. The zero-order valence-electron chi connectivity index (χ0n) is 14.4. The van der Waals surface area contributed by atoms with E-state index in [1.54, 1.807) is 30.3 Å². The lowest BCUT2D eigenvalue weighted by atomic mass is 10.1. The van der Waals surface area contributed by atoms with Gasteiger partial charge in [-0.25, -0.2) is 32.1 Å². The number of hydrogen-bond donors (Lipinski definition) is 1. The fourth-order valence-electron chi connectivity index (χ4n) is 2.38. The van der Waals surface area contributed by atoms with Crippen molar-refractivity contribution in [2.24, 2.45) is 0 Å². The summed E-state index contributed by atoms with van der Waals surface area (Å²) >= 11 is 0. The first-order valence-corrected chi connectivity index (χ1v) is 9.67. The standard InChI is InChI=1S/C18H15F3N4OS/c1-25(27(2,22)26)18-23-16(11-6-4-3-5-7-11)15(21)17(24-18)13-9-8-12(19)10-14(13)20/h3-10,22H,1-2H3. The van der Waals surface area contributed by atoms with Crippen LogP contribution < -0.4 is 4.31 Å². The summed E-state index contributed by atoms with van der Waals surface area (Å²) in [5.74, 6) is -2.93. The van der Waals surface area contributed by atoms with Crippen LogP contribution in [0.4, 0.5) is 19.1 Å². The molecule has 140 valence electrons. The van der Waals surface area contributed by atoms with Gasteiger partial charge in [0.2, 0.25) is 5.95 Å². The summed E-state index contributed by atoms with van der Waals surface area (Å²) in [5, 5.41) is 0. The quantitative estimate of drug-likeness (QED) is 0.721. The van der Waals surface area contributed by atoms with Gasteiger partial charge in [-0.05, 0) is 12.1 Å². The third kappa shape index (κ3) is 3.77. The highest BCUT2D eigenvalue weighted by Gasteiger charge is 2.23. The van der Waals surface area contributed by atoms with Crippen LogP contribution in [0.25, 0.3) is 22.5 Å². The van der Waals surface area contributed by atoms with E-state index in [2.05, 4.69) is 9.97 Å². The molecule has 0 aliphatic carbocycles. The van der Waals surface area contributed by atoms with Gasteiger partial charge >= 0.3 is 0 Å². The van der Waals surface area contributed by atoms with Crippen molar-refractivity contribution >= 4 is 15.9 Å². The number of halogens is 3. The molecule has 1 unspecified atom stereocenters. The Balaban J connectivity index is 2.32. The average Bonchev–Trinajstić information content (AvgIpc) is 2.62. The Morgan fingerprint density at radius 2 is 1.63 bits per heavy atom. The molecule has 2 aromatic carbocycles. The largest absolute Gasteiger partial charge is 0.257 e. The number of hydrogen-bond acceptors (Lipinski definition) is 4. The van der Waals surface area contributed by atoms with E-state index in [1.807, 2.05) is 0 Å².